The minimum atomic E-state index is -0.604. The van der Waals surface area contributed by atoms with Gasteiger partial charge in [0, 0.05) is 23.4 Å². The van der Waals surface area contributed by atoms with Gasteiger partial charge >= 0.3 is 5.97 Å². The molecule has 0 bridgehead atoms. The lowest BCUT2D eigenvalue weighted by atomic mass is 10.1. The lowest BCUT2D eigenvalue weighted by Crippen LogP contribution is -2.17. The van der Waals surface area contributed by atoms with E-state index in [0.717, 1.165) is 0 Å². The molecule has 0 saturated heterocycles. The minimum Gasteiger partial charge on any atom is -0.494 e. The fourth-order valence-electron chi connectivity index (χ4n) is 1.52. The van der Waals surface area contributed by atoms with Crippen LogP contribution < -0.4 is 10.1 Å². The highest BCUT2D eigenvalue weighted by molar-refractivity contribution is 7.08. The molecule has 0 aliphatic carbocycles. The zero-order valence-corrected chi connectivity index (χ0v) is 12.7. The van der Waals surface area contributed by atoms with E-state index in [4.69, 9.17) is 9.47 Å². The molecule has 0 unspecified atom stereocenters. The summed E-state index contributed by atoms with van der Waals surface area (Å²) < 4.78 is 10.1. The first-order valence-electron chi connectivity index (χ1n) is 6.41. The summed E-state index contributed by atoms with van der Waals surface area (Å²) in [6.07, 6.45) is 2.38. The number of nitrogens with one attached hydrogen (secondary N) is 1. The van der Waals surface area contributed by atoms with E-state index < -0.39 is 5.97 Å². The maximum Gasteiger partial charge on any atom is 0.343 e. The van der Waals surface area contributed by atoms with Crippen molar-refractivity contribution in [1.82, 2.24) is 0 Å². The number of carbonyl (C=O) groups excluding carboxylic acids is 2. The van der Waals surface area contributed by atoms with E-state index >= 15 is 0 Å². The Morgan fingerprint density at radius 2 is 2.10 bits per heavy atom. The Hall–Kier alpha value is -1.82. The number of esters is 1. The monoisotopic (exact) mass is 297 g/mol. The summed E-state index contributed by atoms with van der Waals surface area (Å²) >= 11 is 1.46. The number of Topliss-reactive ketones (excluding diaryl/α,β-unsaturated/α-hetero) is 1. The number of hydrogen-bond donors (Lipinski definition) is 1. The van der Waals surface area contributed by atoms with Crippen LogP contribution in [0.25, 0.3) is 0 Å². The van der Waals surface area contributed by atoms with Gasteiger partial charge in [0.15, 0.2) is 11.5 Å². The van der Waals surface area contributed by atoms with Gasteiger partial charge in [-0.3, -0.25) is 4.79 Å². The van der Waals surface area contributed by atoms with Crippen molar-refractivity contribution in [2.75, 3.05) is 19.0 Å². The molecule has 5 nitrogen and oxygen atoms in total. The van der Waals surface area contributed by atoms with Crippen LogP contribution in [0.5, 0.6) is 5.75 Å². The summed E-state index contributed by atoms with van der Waals surface area (Å²) in [5, 5.41) is 6.59. The Morgan fingerprint density at radius 1 is 1.35 bits per heavy atom. The number of ketones is 1. The molecule has 0 amide bonds. The van der Waals surface area contributed by atoms with Gasteiger partial charge in [0.2, 0.25) is 0 Å². The lowest BCUT2D eigenvalue weighted by Gasteiger charge is -2.07. The van der Waals surface area contributed by atoms with Gasteiger partial charge in [-0.05, 0) is 13.3 Å². The molecule has 110 valence electrons. The quantitative estimate of drug-likeness (QED) is 0.346. The third-order valence-corrected chi connectivity index (χ3v) is 3.21. The van der Waals surface area contributed by atoms with Crippen LogP contribution in [0.2, 0.25) is 0 Å². The van der Waals surface area contributed by atoms with Crippen LogP contribution in [0.1, 0.15) is 26.7 Å². The number of hydrogen-bond acceptors (Lipinski definition) is 6. The maximum atomic E-state index is 11.9. The summed E-state index contributed by atoms with van der Waals surface area (Å²) in [7, 11) is 1.56. The summed E-state index contributed by atoms with van der Waals surface area (Å²) in [6, 6.07) is 0. The molecular weight excluding hydrogens is 278 g/mol. The van der Waals surface area contributed by atoms with E-state index in [2.05, 4.69) is 5.32 Å². The van der Waals surface area contributed by atoms with Gasteiger partial charge in [-0.2, -0.15) is 0 Å². The molecule has 0 aromatic carbocycles. The Kier molecular flexibility index (Phi) is 6.79. The number of rotatable bonds is 8. The molecule has 1 heterocycles. The maximum absolute atomic E-state index is 11.9. The van der Waals surface area contributed by atoms with Crippen molar-refractivity contribution in [2.24, 2.45) is 0 Å². The van der Waals surface area contributed by atoms with Crippen molar-refractivity contribution in [2.45, 2.75) is 26.7 Å². The second kappa shape index (κ2) is 8.37. The highest BCUT2D eigenvalue weighted by Gasteiger charge is 2.18. The summed E-state index contributed by atoms with van der Waals surface area (Å²) in [6.45, 7) is 3.82. The van der Waals surface area contributed by atoms with Gasteiger partial charge < -0.3 is 14.8 Å². The number of carbonyl (C=O) groups is 2. The van der Waals surface area contributed by atoms with Crippen LogP contribution in [-0.4, -0.2) is 25.5 Å². The fraction of sp³-hybridized carbons (Fsp3) is 0.429. The van der Waals surface area contributed by atoms with E-state index in [9.17, 15) is 9.59 Å². The molecule has 1 aromatic rings. The van der Waals surface area contributed by atoms with Crippen molar-refractivity contribution in [3.05, 3.63) is 22.5 Å². The molecule has 1 rings (SSSR count). The van der Waals surface area contributed by atoms with Crippen LogP contribution >= 0.6 is 11.3 Å². The van der Waals surface area contributed by atoms with Gasteiger partial charge in [-0.1, -0.05) is 6.92 Å². The molecule has 0 fully saturated rings. The molecule has 0 aliphatic rings. The van der Waals surface area contributed by atoms with Crippen molar-refractivity contribution in [3.63, 3.8) is 0 Å². The van der Waals surface area contributed by atoms with E-state index in [1.807, 2.05) is 17.7 Å². The van der Waals surface area contributed by atoms with Gasteiger partial charge in [0.25, 0.3) is 0 Å². The molecule has 0 spiro atoms. The lowest BCUT2D eigenvalue weighted by molar-refractivity contribution is -0.140. The highest BCUT2D eigenvalue weighted by atomic mass is 32.1. The largest absolute Gasteiger partial charge is 0.494 e. The second-order valence-corrected chi connectivity index (χ2v) is 4.69. The molecule has 0 aliphatic heterocycles. The first kappa shape index (κ1) is 16.2. The predicted octanol–water partition coefficient (Wildman–Crippen LogP) is 2.98. The topological polar surface area (TPSA) is 64.6 Å². The number of thiophene rings is 1. The van der Waals surface area contributed by atoms with Gasteiger partial charge in [0.1, 0.15) is 5.57 Å². The molecule has 20 heavy (non-hydrogen) atoms. The Morgan fingerprint density at radius 3 is 2.70 bits per heavy atom. The number of ether oxygens (including phenoxy) is 2. The predicted molar refractivity (Wildman–Crippen MR) is 79.1 cm³/mol. The van der Waals surface area contributed by atoms with Crippen LogP contribution in [0.15, 0.2) is 22.5 Å². The molecular formula is C14H19NO4S. The average molecular weight is 297 g/mol. The molecule has 1 N–H and O–H groups in total. The van der Waals surface area contributed by atoms with Crippen molar-refractivity contribution >= 4 is 28.8 Å². The number of anilines is 1. The van der Waals surface area contributed by atoms with E-state index in [0.29, 0.717) is 24.3 Å². The van der Waals surface area contributed by atoms with Gasteiger partial charge in [-0.15, -0.1) is 11.3 Å². The fourth-order valence-corrected chi connectivity index (χ4v) is 2.26. The van der Waals surface area contributed by atoms with Crippen LogP contribution in [0, 0.1) is 0 Å². The molecule has 0 atom stereocenters. The average Bonchev–Trinajstić information content (AvgIpc) is 2.87. The normalized spacial score (nSPS) is 11.1. The minimum absolute atomic E-state index is 0.0296. The summed E-state index contributed by atoms with van der Waals surface area (Å²) in [5.41, 5.74) is 0.741. The number of methoxy groups -OCH3 is 1. The molecule has 0 saturated carbocycles. The van der Waals surface area contributed by atoms with Crippen molar-refractivity contribution < 1.29 is 19.1 Å². The van der Waals surface area contributed by atoms with Gasteiger partial charge in [-0.25, -0.2) is 4.79 Å². The molecule has 6 heteroatoms. The van der Waals surface area contributed by atoms with Crippen LogP contribution in [0.3, 0.4) is 0 Å². The van der Waals surface area contributed by atoms with Crippen molar-refractivity contribution in [3.8, 4) is 5.75 Å². The highest BCUT2D eigenvalue weighted by Crippen LogP contribution is 2.28. The van der Waals surface area contributed by atoms with Gasteiger partial charge in [0.05, 0.1) is 19.4 Å². The summed E-state index contributed by atoms with van der Waals surface area (Å²) in [4.78, 5) is 23.7. The Labute approximate surface area is 122 Å². The van der Waals surface area contributed by atoms with E-state index in [-0.39, 0.29) is 18.0 Å². The molecule has 0 radical (unpaired) electrons. The summed E-state index contributed by atoms with van der Waals surface area (Å²) in [5.74, 6) is -0.169. The van der Waals surface area contributed by atoms with Crippen LogP contribution in [-0.2, 0) is 14.3 Å². The zero-order chi connectivity index (χ0) is 15.0. The first-order chi connectivity index (χ1) is 9.63. The van der Waals surface area contributed by atoms with E-state index in [1.54, 1.807) is 14.0 Å². The Balaban J connectivity index is 2.89. The Bertz CT molecular complexity index is 473. The van der Waals surface area contributed by atoms with E-state index in [1.165, 1.54) is 17.5 Å². The standard InChI is InChI=1S/C14H19NO4S/c1-4-6-12(16)10(14(17)19-5-2)7-15-11-8-20-9-13(11)18-3/h7-9,15H,4-6H2,1-3H3/b10-7-. The third-order valence-electron chi connectivity index (χ3n) is 2.49. The SMILES string of the molecule is CCCC(=O)/C(=C/Nc1cscc1OC)C(=O)OCC. The van der Waals surface area contributed by atoms with Crippen molar-refractivity contribution in [1.29, 1.82) is 0 Å². The molecule has 1 aromatic heterocycles. The zero-order valence-electron chi connectivity index (χ0n) is 11.9. The smallest absolute Gasteiger partial charge is 0.343 e. The third kappa shape index (κ3) is 4.38. The van der Waals surface area contributed by atoms with Crippen LogP contribution in [0.4, 0.5) is 5.69 Å². The first-order valence-corrected chi connectivity index (χ1v) is 7.35. The second-order valence-electron chi connectivity index (χ2n) is 3.95.